The molecule has 0 aliphatic carbocycles. The van der Waals surface area contributed by atoms with Crippen LogP contribution < -0.4 is 0 Å². The monoisotopic (exact) mass is 309 g/mol. The molecular formula is C14H13ClFN3O2. The van der Waals surface area contributed by atoms with Crippen molar-refractivity contribution in [1.29, 1.82) is 0 Å². The van der Waals surface area contributed by atoms with Crippen molar-refractivity contribution in [2.45, 2.75) is 19.3 Å². The Bertz CT molecular complexity index is 689. The highest BCUT2D eigenvalue weighted by Crippen LogP contribution is 2.29. The number of benzene rings is 1. The highest BCUT2D eigenvalue weighted by atomic mass is 35.5. The van der Waals surface area contributed by atoms with Gasteiger partial charge in [-0.2, -0.15) is 4.98 Å². The number of carbonyl (C=O) groups is 1. The Labute approximate surface area is 125 Å². The van der Waals surface area contributed by atoms with Crippen LogP contribution in [0.3, 0.4) is 0 Å². The number of hydrogen-bond donors (Lipinski definition) is 0. The van der Waals surface area contributed by atoms with Gasteiger partial charge in [0.2, 0.25) is 5.89 Å². The van der Waals surface area contributed by atoms with Crippen LogP contribution in [0.4, 0.5) is 4.39 Å². The number of aryl methyl sites for hydroxylation is 1. The van der Waals surface area contributed by atoms with E-state index in [1.165, 1.54) is 18.2 Å². The van der Waals surface area contributed by atoms with Gasteiger partial charge in [-0.25, -0.2) is 4.39 Å². The number of amides is 1. The highest BCUT2D eigenvalue weighted by Gasteiger charge is 2.32. The molecule has 0 saturated carbocycles. The second-order valence-corrected chi connectivity index (χ2v) is 5.40. The van der Waals surface area contributed by atoms with Crippen LogP contribution in [0.25, 0.3) is 0 Å². The predicted octanol–water partition coefficient (Wildman–Crippen LogP) is 2.80. The predicted molar refractivity (Wildman–Crippen MR) is 73.7 cm³/mol. The van der Waals surface area contributed by atoms with Gasteiger partial charge in [0.15, 0.2) is 5.82 Å². The fourth-order valence-corrected chi connectivity index (χ4v) is 2.67. The molecule has 1 aliphatic rings. The number of carbonyl (C=O) groups excluding carboxylic acids is 1. The first-order chi connectivity index (χ1) is 10.1. The van der Waals surface area contributed by atoms with Crippen molar-refractivity contribution in [3.63, 3.8) is 0 Å². The lowest BCUT2D eigenvalue weighted by molar-refractivity contribution is 0.0789. The van der Waals surface area contributed by atoms with Gasteiger partial charge in [0, 0.05) is 13.1 Å². The molecule has 2 aromatic rings. The molecular weight excluding hydrogens is 297 g/mol. The van der Waals surface area contributed by atoms with Gasteiger partial charge in [0.05, 0.1) is 16.5 Å². The van der Waals surface area contributed by atoms with E-state index in [2.05, 4.69) is 10.1 Å². The molecule has 0 N–H and O–H groups in total. The lowest BCUT2D eigenvalue weighted by Gasteiger charge is -2.16. The molecule has 5 nitrogen and oxygen atoms in total. The molecule has 1 aliphatic heterocycles. The Hall–Kier alpha value is -1.95. The van der Waals surface area contributed by atoms with E-state index in [1.807, 2.05) is 0 Å². The molecule has 0 unspecified atom stereocenters. The van der Waals surface area contributed by atoms with Crippen LogP contribution in [0.5, 0.6) is 0 Å². The van der Waals surface area contributed by atoms with Crippen molar-refractivity contribution < 1.29 is 13.7 Å². The van der Waals surface area contributed by atoms with E-state index in [9.17, 15) is 9.18 Å². The van der Waals surface area contributed by atoms with Crippen LogP contribution in [-0.4, -0.2) is 34.0 Å². The van der Waals surface area contributed by atoms with Gasteiger partial charge in [0.1, 0.15) is 5.82 Å². The van der Waals surface area contributed by atoms with Crippen LogP contribution in [0.2, 0.25) is 5.02 Å². The number of hydrogen-bond acceptors (Lipinski definition) is 4. The van der Waals surface area contributed by atoms with Crippen LogP contribution in [0, 0.1) is 12.7 Å². The molecule has 3 rings (SSSR count). The van der Waals surface area contributed by atoms with Crippen molar-refractivity contribution in [1.82, 2.24) is 15.0 Å². The van der Waals surface area contributed by atoms with Gasteiger partial charge in [-0.15, -0.1) is 0 Å². The largest absolute Gasteiger partial charge is 0.339 e. The molecule has 2 heterocycles. The van der Waals surface area contributed by atoms with E-state index in [0.717, 1.165) is 6.42 Å². The summed E-state index contributed by atoms with van der Waals surface area (Å²) in [6.45, 7) is 2.77. The fraction of sp³-hybridized carbons (Fsp3) is 0.357. The molecule has 1 aromatic carbocycles. The SMILES string of the molecule is Cc1noc([C@@H]2CCN(C(=O)c3cccc(F)c3Cl)C2)n1. The number of halogens is 2. The average Bonchev–Trinajstić information content (AvgIpc) is 3.09. The summed E-state index contributed by atoms with van der Waals surface area (Å²) in [5.74, 6) is 0.252. The topological polar surface area (TPSA) is 59.2 Å². The molecule has 0 spiro atoms. The molecule has 1 aromatic heterocycles. The van der Waals surface area contributed by atoms with Crippen LogP contribution in [-0.2, 0) is 0 Å². The number of nitrogens with zero attached hydrogens (tertiary/aromatic N) is 3. The lowest BCUT2D eigenvalue weighted by Crippen LogP contribution is -2.28. The van der Waals surface area contributed by atoms with Crippen molar-refractivity contribution in [2.24, 2.45) is 0 Å². The Morgan fingerprint density at radius 1 is 1.52 bits per heavy atom. The minimum Gasteiger partial charge on any atom is -0.339 e. The molecule has 0 radical (unpaired) electrons. The highest BCUT2D eigenvalue weighted by molar-refractivity contribution is 6.34. The van der Waals surface area contributed by atoms with Gasteiger partial charge < -0.3 is 9.42 Å². The summed E-state index contributed by atoms with van der Waals surface area (Å²) in [5, 5.41) is 3.62. The summed E-state index contributed by atoms with van der Waals surface area (Å²) in [7, 11) is 0. The summed E-state index contributed by atoms with van der Waals surface area (Å²) in [5.41, 5.74) is 0.180. The normalized spacial score (nSPS) is 18.2. The third-order valence-corrected chi connectivity index (χ3v) is 3.93. The van der Waals surface area contributed by atoms with Gasteiger partial charge in [-0.05, 0) is 25.5 Å². The molecule has 1 amide bonds. The summed E-state index contributed by atoms with van der Waals surface area (Å²) in [4.78, 5) is 18.2. The molecule has 1 fully saturated rings. The third kappa shape index (κ3) is 2.63. The summed E-state index contributed by atoms with van der Waals surface area (Å²) in [6, 6.07) is 4.23. The molecule has 1 atom stereocenters. The first-order valence-corrected chi connectivity index (χ1v) is 6.97. The first-order valence-electron chi connectivity index (χ1n) is 6.59. The van der Waals surface area contributed by atoms with E-state index in [-0.39, 0.29) is 22.4 Å². The summed E-state index contributed by atoms with van der Waals surface area (Å²) < 4.78 is 18.6. The number of rotatable bonds is 2. The molecule has 7 heteroatoms. The van der Waals surface area contributed by atoms with E-state index >= 15 is 0 Å². The molecule has 0 bridgehead atoms. The van der Waals surface area contributed by atoms with E-state index < -0.39 is 5.82 Å². The Morgan fingerprint density at radius 2 is 2.33 bits per heavy atom. The van der Waals surface area contributed by atoms with E-state index in [4.69, 9.17) is 16.1 Å². The maximum absolute atomic E-state index is 13.4. The minimum absolute atomic E-state index is 0.0162. The van der Waals surface area contributed by atoms with Gasteiger partial charge in [0.25, 0.3) is 5.91 Å². The molecule has 110 valence electrons. The van der Waals surface area contributed by atoms with Gasteiger partial charge in [-0.3, -0.25) is 4.79 Å². The van der Waals surface area contributed by atoms with Crippen molar-refractivity contribution in [3.05, 3.63) is 46.3 Å². The number of aromatic nitrogens is 2. The van der Waals surface area contributed by atoms with E-state index in [1.54, 1.807) is 11.8 Å². The number of likely N-dealkylation sites (tertiary alicyclic amines) is 1. The molecule has 21 heavy (non-hydrogen) atoms. The lowest BCUT2D eigenvalue weighted by atomic mass is 10.1. The average molecular weight is 310 g/mol. The second-order valence-electron chi connectivity index (χ2n) is 5.02. The Kier molecular flexibility index (Phi) is 3.63. The Morgan fingerprint density at radius 3 is 3.05 bits per heavy atom. The van der Waals surface area contributed by atoms with Crippen molar-refractivity contribution >= 4 is 17.5 Å². The summed E-state index contributed by atoms with van der Waals surface area (Å²) in [6.07, 6.45) is 0.736. The second kappa shape index (κ2) is 5.44. The van der Waals surface area contributed by atoms with Crippen molar-refractivity contribution in [3.8, 4) is 0 Å². The zero-order chi connectivity index (χ0) is 15.0. The molecule has 1 saturated heterocycles. The standard InChI is InChI=1S/C14H13ClFN3O2/c1-8-17-13(21-18-8)9-5-6-19(7-9)14(20)10-3-2-4-11(16)12(10)15/h2-4,9H,5-7H2,1H3/t9-/m1/s1. The van der Waals surface area contributed by atoms with E-state index in [0.29, 0.717) is 24.8 Å². The Balaban J connectivity index is 1.77. The maximum atomic E-state index is 13.4. The zero-order valence-corrected chi connectivity index (χ0v) is 12.1. The maximum Gasteiger partial charge on any atom is 0.255 e. The quantitative estimate of drug-likeness (QED) is 0.856. The fourth-order valence-electron chi connectivity index (χ4n) is 2.46. The minimum atomic E-state index is -0.592. The zero-order valence-electron chi connectivity index (χ0n) is 11.3. The summed E-state index contributed by atoms with van der Waals surface area (Å²) >= 11 is 5.86. The van der Waals surface area contributed by atoms with Crippen LogP contribution >= 0.6 is 11.6 Å². The van der Waals surface area contributed by atoms with Gasteiger partial charge in [-0.1, -0.05) is 22.8 Å². The van der Waals surface area contributed by atoms with Gasteiger partial charge >= 0.3 is 0 Å². The third-order valence-electron chi connectivity index (χ3n) is 3.55. The van der Waals surface area contributed by atoms with Crippen LogP contribution in [0.15, 0.2) is 22.7 Å². The first kappa shape index (κ1) is 14.0. The smallest absolute Gasteiger partial charge is 0.255 e. The van der Waals surface area contributed by atoms with Crippen LogP contribution in [0.1, 0.15) is 34.4 Å². The van der Waals surface area contributed by atoms with Crippen molar-refractivity contribution in [2.75, 3.05) is 13.1 Å².